The van der Waals surface area contributed by atoms with Gasteiger partial charge in [0, 0.05) is 16.4 Å². The first-order valence-corrected chi connectivity index (χ1v) is 5.68. The van der Waals surface area contributed by atoms with E-state index in [9.17, 15) is 5.11 Å². The maximum Gasteiger partial charge on any atom is 0.138 e. The van der Waals surface area contributed by atoms with Crippen molar-refractivity contribution < 1.29 is 5.11 Å². The Morgan fingerprint density at radius 3 is 2.59 bits per heavy atom. The first-order chi connectivity index (χ1) is 8.15. The summed E-state index contributed by atoms with van der Waals surface area (Å²) in [6.45, 7) is 2.38. The topological polar surface area (TPSA) is 45.1 Å². The zero-order chi connectivity index (χ0) is 12.3. The van der Waals surface area contributed by atoms with Gasteiger partial charge in [0.2, 0.25) is 0 Å². The van der Waals surface area contributed by atoms with Crippen molar-refractivity contribution in [2.24, 2.45) is 0 Å². The molecule has 0 atom stereocenters. The first kappa shape index (κ1) is 11.7. The van der Waals surface area contributed by atoms with Crippen molar-refractivity contribution in [1.29, 1.82) is 0 Å². The van der Waals surface area contributed by atoms with Gasteiger partial charge in [-0.05, 0) is 43.3 Å². The van der Waals surface area contributed by atoms with E-state index in [0.717, 1.165) is 11.4 Å². The van der Waals surface area contributed by atoms with Gasteiger partial charge in [-0.25, -0.2) is 0 Å². The van der Waals surface area contributed by atoms with Gasteiger partial charge in [-0.2, -0.15) is 0 Å². The van der Waals surface area contributed by atoms with E-state index in [-0.39, 0.29) is 5.75 Å². The van der Waals surface area contributed by atoms with Crippen LogP contribution >= 0.6 is 11.6 Å². The Labute approximate surface area is 105 Å². The highest BCUT2D eigenvalue weighted by atomic mass is 35.5. The fraction of sp³-hybridized carbons (Fsp3) is 0.154. The minimum atomic E-state index is 0.206. The monoisotopic (exact) mass is 248 g/mol. The molecule has 3 nitrogen and oxygen atoms in total. The maximum atomic E-state index is 9.63. The van der Waals surface area contributed by atoms with Crippen LogP contribution in [0.4, 0.5) is 5.69 Å². The van der Waals surface area contributed by atoms with E-state index >= 15 is 0 Å². The second-order valence-electron chi connectivity index (χ2n) is 3.78. The van der Waals surface area contributed by atoms with Crippen LogP contribution in [0.25, 0.3) is 0 Å². The number of aryl methyl sites for hydroxylation is 1. The summed E-state index contributed by atoms with van der Waals surface area (Å²) in [7, 11) is 0. The van der Waals surface area contributed by atoms with Crippen LogP contribution in [0, 0.1) is 6.92 Å². The summed E-state index contributed by atoms with van der Waals surface area (Å²) in [6, 6.07) is 10.8. The van der Waals surface area contributed by atoms with Gasteiger partial charge in [0.1, 0.15) is 11.4 Å². The van der Waals surface area contributed by atoms with Gasteiger partial charge in [-0.1, -0.05) is 11.6 Å². The first-order valence-electron chi connectivity index (χ1n) is 5.30. The minimum absolute atomic E-state index is 0.206. The van der Waals surface area contributed by atoms with Gasteiger partial charge in [0.05, 0.1) is 6.54 Å². The minimum Gasteiger partial charge on any atom is -0.506 e. The summed E-state index contributed by atoms with van der Waals surface area (Å²) in [5.74, 6) is 0.206. The predicted molar refractivity (Wildman–Crippen MR) is 69.4 cm³/mol. The van der Waals surface area contributed by atoms with E-state index in [1.807, 2.05) is 31.2 Å². The van der Waals surface area contributed by atoms with Gasteiger partial charge < -0.3 is 10.4 Å². The van der Waals surface area contributed by atoms with Crippen LogP contribution in [0.1, 0.15) is 11.4 Å². The molecule has 2 rings (SSSR count). The van der Waals surface area contributed by atoms with Gasteiger partial charge in [-0.3, -0.25) is 4.98 Å². The summed E-state index contributed by atoms with van der Waals surface area (Å²) >= 11 is 5.79. The molecule has 0 bridgehead atoms. The fourth-order valence-electron chi connectivity index (χ4n) is 1.49. The Bertz CT molecular complexity index is 511. The highest BCUT2D eigenvalue weighted by molar-refractivity contribution is 6.30. The van der Waals surface area contributed by atoms with E-state index in [1.165, 1.54) is 0 Å². The second kappa shape index (κ2) is 5.06. The van der Waals surface area contributed by atoms with Gasteiger partial charge in [0.25, 0.3) is 0 Å². The van der Waals surface area contributed by atoms with Crippen LogP contribution in [0.2, 0.25) is 5.02 Å². The molecular formula is C13H13ClN2O. The van der Waals surface area contributed by atoms with Crippen LogP contribution in [-0.4, -0.2) is 10.1 Å². The lowest BCUT2D eigenvalue weighted by atomic mass is 10.2. The standard InChI is InChI=1S/C13H13ClN2O/c1-9-2-7-13(17)12(16-9)8-15-11-5-3-10(14)4-6-11/h2-7,15,17H,8H2,1H3. The molecule has 0 spiro atoms. The van der Waals surface area contributed by atoms with Crippen LogP contribution in [-0.2, 0) is 6.54 Å². The normalized spacial score (nSPS) is 10.2. The maximum absolute atomic E-state index is 9.63. The van der Waals surface area contributed by atoms with E-state index in [0.29, 0.717) is 17.3 Å². The molecule has 0 aliphatic heterocycles. The van der Waals surface area contributed by atoms with Crippen molar-refractivity contribution in [2.75, 3.05) is 5.32 Å². The zero-order valence-corrected chi connectivity index (χ0v) is 10.2. The van der Waals surface area contributed by atoms with Crippen molar-refractivity contribution in [3.05, 3.63) is 52.8 Å². The molecule has 0 saturated carbocycles. The largest absolute Gasteiger partial charge is 0.506 e. The number of pyridine rings is 1. The SMILES string of the molecule is Cc1ccc(O)c(CNc2ccc(Cl)cc2)n1. The van der Waals surface area contributed by atoms with Gasteiger partial charge in [0.15, 0.2) is 0 Å². The average Bonchev–Trinajstić information content (AvgIpc) is 2.32. The molecule has 1 aromatic carbocycles. The Morgan fingerprint density at radius 1 is 1.18 bits per heavy atom. The smallest absolute Gasteiger partial charge is 0.138 e. The molecule has 4 heteroatoms. The molecule has 2 N–H and O–H groups in total. The van der Waals surface area contributed by atoms with Gasteiger partial charge >= 0.3 is 0 Å². The Morgan fingerprint density at radius 2 is 1.88 bits per heavy atom. The zero-order valence-electron chi connectivity index (χ0n) is 9.44. The molecule has 1 heterocycles. The number of hydrogen-bond acceptors (Lipinski definition) is 3. The molecule has 0 radical (unpaired) electrons. The van der Waals surface area contributed by atoms with Crippen molar-refractivity contribution >= 4 is 17.3 Å². The highest BCUT2D eigenvalue weighted by Gasteiger charge is 2.02. The number of hydrogen-bond donors (Lipinski definition) is 2. The molecule has 0 amide bonds. The van der Waals surface area contributed by atoms with Crippen LogP contribution < -0.4 is 5.32 Å². The number of nitrogens with zero attached hydrogens (tertiary/aromatic N) is 1. The summed E-state index contributed by atoms with van der Waals surface area (Å²) in [5, 5.41) is 13.5. The van der Waals surface area contributed by atoms with E-state index in [4.69, 9.17) is 11.6 Å². The van der Waals surface area contributed by atoms with Gasteiger partial charge in [-0.15, -0.1) is 0 Å². The molecular weight excluding hydrogens is 236 g/mol. The summed E-state index contributed by atoms with van der Waals surface area (Å²) in [4.78, 5) is 4.27. The molecule has 0 aliphatic rings. The number of halogens is 1. The molecule has 0 aliphatic carbocycles. The van der Waals surface area contributed by atoms with Crippen molar-refractivity contribution in [3.63, 3.8) is 0 Å². The highest BCUT2D eigenvalue weighted by Crippen LogP contribution is 2.18. The summed E-state index contributed by atoms with van der Waals surface area (Å²) in [6.07, 6.45) is 0. The number of rotatable bonds is 3. The fourth-order valence-corrected chi connectivity index (χ4v) is 1.61. The Balaban J connectivity index is 2.07. The van der Waals surface area contributed by atoms with E-state index in [2.05, 4.69) is 10.3 Å². The molecule has 0 fully saturated rings. The number of benzene rings is 1. The van der Waals surface area contributed by atoms with Crippen molar-refractivity contribution in [3.8, 4) is 5.75 Å². The molecule has 1 aromatic heterocycles. The van der Waals surface area contributed by atoms with Crippen LogP contribution in [0.15, 0.2) is 36.4 Å². The average molecular weight is 249 g/mol. The van der Waals surface area contributed by atoms with E-state index in [1.54, 1.807) is 12.1 Å². The Kier molecular flexibility index (Phi) is 3.49. The number of aromatic nitrogens is 1. The second-order valence-corrected chi connectivity index (χ2v) is 4.22. The van der Waals surface area contributed by atoms with Crippen molar-refractivity contribution in [2.45, 2.75) is 13.5 Å². The molecule has 0 unspecified atom stereocenters. The number of nitrogens with one attached hydrogen (secondary N) is 1. The molecule has 0 saturated heterocycles. The quantitative estimate of drug-likeness (QED) is 0.876. The molecule has 17 heavy (non-hydrogen) atoms. The lowest BCUT2D eigenvalue weighted by Gasteiger charge is -2.08. The Hall–Kier alpha value is -1.74. The van der Waals surface area contributed by atoms with Crippen molar-refractivity contribution in [1.82, 2.24) is 4.98 Å². The van der Waals surface area contributed by atoms with E-state index < -0.39 is 0 Å². The third-order valence-electron chi connectivity index (χ3n) is 2.39. The third-order valence-corrected chi connectivity index (χ3v) is 2.65. The summed E-state index contributed by atoms with van der Waals surface area (Å²) < 4.78 is 0. The lowest BCUT2D eigenvalue weighted by molar-refractivity contribution is 0.464. The molecule has 2 aromatic rings. The number of anilines is 1. The summed E-state index contributed by atoms with van der Waals surface area (Å²) in [5.41, 5.74) is 2.47. The lowest BCUT2D eigenvalue weighted by Crippen LogP contribution is -2.02. The molecule has 88 valence electrons. The van der Waals surface area contributed by atoms with Crippen LogP contribution in [0.5, 0.6) is 5.75 Å². The predicted octanol–water partition coefficient (Wildman–Crippen LogP) is 3.36. The number of aromatic hydroxyl groups is 1. The third kappa shape index (κ3) is 3.11. The van der Waals surface area contributed by atoms with Crippen LogP contribution in [0.3, 0.4) is 0 Å².